The molecule has 0 spiro atoms. The van der Waals surface area contributed by atoms with Crippen LogP contribution in [0.3, 0.4) is 0 Å². The first-order valence-electron chi connectivity index (χ1n) is 9.23. The number of benzene rings is 1. The van der Waals surface area contributed by atoms with Crippen molar-refractivity contribution in [2.75, 3.05) is 13.6 Å². The molecule has 1 aromatic heterocycles. The van der Waals surface area contributed by atoms with Crippen molar-refractivity contribution < 1.29 is 4.74 Å². The van der Waals surface area contributed by atoms with Crippen molar-refractivity contribution in [1.29, 1.82) is 0 Å². The van der Waals surface area contributed by atoms with Gasteiger partial charge in [-0.25, -0.2) is 0 Å². The molecule has 0 aliphatic heterocycles. The lowest BCUT2D eigenvalue weighted by Gasteiger charge is -2.13. The fourth-order valence-electron chi connectivity index (χ4n) is 2.51. The van der Waals surface area contributed by atoms with Gasteiger partial charge in [-0.3, -0.25) is 9.98 Å². The topological polar surface area (TPSA) is 58.5 Å². The van der Waals surface area contributed by atoms with Crippen molar-refractivity contribution >= 4 is 5.96 Å². The number of aromatic nitrogens is 1. The van der Waals surface area contributed by atoms with Crippen LogP contribution in [0.5, 0.6) is 5.75 Å². The molecule has 5 nitrogen and oxygen atoms in total. The van der Waals surface area contributed by atoms with Crippen LogP contribution < -0.4 is 15.4 Å². The maximum absolute atomic E-state index is 5.83. The van der Waals surface area contributed by atoms with Crippen LogP contribution in [0.2, 0.25) is 0 Å². The average molecular weight is 354 g/mol. The molecule has 2 rings (SSSR count). The summed E-state index contributed by atoms with van der Waals surface area (Å²) in [6, 6.07) is 13.9. The molecule has 1 aromatic carbocycles. The Morgan fingerprint density at radius 3 is 2.77 bits per heavy atom. The molecule has 0 amide bonds. The van der Waals surface area contributed by atoms with E-state index in [1.165, 1.54) is 6.42 Å². The van der Waals surface area contributed by atoms with Gasteiger partial charge in [-0.2, -0.15) is 0 Å². The van der Waals surface area contributed by atoms with Crippen molar-refractivity contribution in [2.45, 2.75) is 39.8 Å². The van der Waals surface area contributed by atoms with Crippen LogP contribution in [-0.4, -0.2) is 24.5 Å². The number of rotatable bonds is 9. The van der Waals surface area contributed by atoms with Crippen molar-refractivity contribution in [2.24, 2.45) is 10.9 Å². The van der Waals surface area contributed by atoms with Gasteiger partial charge in [-0.15, -0.1) is 0 Å². The lowest BCUT2D eigenvalue weighted by Crippen LogP contribution is -2.37. The Hall–Kier alpha value is -2.56. The monoisotopic (exact) mass is 354 g/mol. The molecule has 0 atom stereocenters. The molecule has 0 aliphatic carbocycles. The number of hydrogen-bond donors (Lipinski definition) is 2. The van der Waals surface area contributed by atoms with E-state index in [0.29, 0.717) is 13.2 Å². The van der Waals surface area contributed by atoms with Crippen LogP contribution in [0.4, 0.5) is 0 Å². The molecule has 26 heavy (non-hydrogen) atoms. The third-order valence-corrected chi connectivity index (χ3v) is 3.95. The summed E-state index contributed by atoms with van der Waals surface area (Å²) in [7, 11) is 1.80. The number of ether oxygens (including phenoxy) is 1. The number of nitrogens with zero attached hydrogens (tertiary/aromatic N) is 2. The highest BCUT2D eigenvalue weighted by atomic mass is 16.5. The SMILES string of the molecule is CN=C(NCCCC(C)C)NCc1cccc(OCc2ccccn2)c1. The van der Waals surface area contributed by atoms with Crippen molar-refractivity contribution in [1.82, 2.24) is 15.6 Å². The number of aliphatic imine (C=N–C) groups is 1. The Kier molecular flexibility index (Phi) is 8.46. The van der Waals surface area contributed by atoms with Crippen LogP contribution in [0, 0.1) is 5.92 Å². The van der Waals surface area contributed by atoms with Gasteiger partial charge >= 0.3 is 0 Å². The lowest BCUT2D eigenvalue weighted by atomic mass is 10.1. The highest BCUT2D eigenvalue weighted by Crippen LogP contribution is 2.14. The van der Waals surface area contributed by atoms with Crippen molar-refractivity contribution in [3.63, 3.8) is 0 Å². The summed E-state index contributed by atoms with van der Waals surface area (Å²) < 4.78 is 5.83. The standard InChI is InChI=1S/C21H30N4O/c1-17(2)8-7-13-24-21(22-3)25-15-18-9-6-11-20(14-18)26-16-19-10-4-5-12-23-19/h4-6,9-12,14,17H,7-8,13,15-16H2,1-3H3,(H2,22,24,25). The second-order valence-corrected chi connectivity index (χ2v) is 6.65. The molecule has 5 heteroatoms. The van der Waals surface area contributed by atoms with E-state index < -0.39 is 0 Å². The summed E-state index contributed by atoms with van der Waals surface area (Å²) >= 11 is 0. The Bertz CT molecular complexity index is 671. The minimum absolute atomic E-state index is 0.469. The summed E-state index contributed by atoms with van der Waals surface area (Å²) in [6.45, 7) is 6.60. The quantitative estimate of drug-likeness (QED) is 0.409. The van der Waals surface area contributed by atoms with E-state index in [0.717, 1.165) is 41.8 Å². The van der Waals surface area contributed by atoms with Crippen LogP contribution in [0.25, 0.3) is 0 Å². The van der Waals surface area contributed by atoms with Gasteiger partial charge in [0.25, 0.3) is 0 Å². The van der Waals surface area contributed by atoms with E-state index in [4.69, 9.17) is 4.74 Å². The van der Waals surface area contributed by atoms with Crippen LogP contribution >= 0.6 is 0 Å². The first-order chi connectivity index (χ1) is 12.7. The minimum Gasteiger partial charge on any atom is -0.487 e. The Balaban J connectivity index is 1.78. The summed E-state index contributed by atoms with van der Waals surface area (Å²) in [5.74, 6) is 2.41. The van der Waals surface area contributed by atoms with Gasteiger partial charge < -0.3 is 15.4 Å². The molecule has 0 aliphatic rings. The van der Waals surface area contributed by atoms with Gasteiger partial charge in [-0.05, 0) is 48.6 Å². The second kappa shape index (κ2) is 11.1. The number of guanidine groups is 1. The fourth-order valence-corrected chi connectivity index (χ4v) is 2.51. The molecule has 0 saturated heterocycles. The van der Waals surface area contributed by atoms with E-state index in [2.05, 4.69) is 40.5 Å². The first-order valence-corrected chi connectivity index (χ1v) is 9.23. The van der Waals surface area contributed by atoms with E-state index in [1.807, 2.05) is 36.4 Å². The normalized spacial score (nSPS) is 11.5. The van der Waals surface area contributed by atoms with Crippen molar-refractivity contribution in [3.05, 3.63) is 59.9 Å². The average Bonchev–Trinajstić information content (AvgIpc) is 2.67. The molecule has 140 valence electrons. The zero-order valence-corrected chi connectivity index (χ0v) is 16.0. The molecule has 2 N–H and O–H groups in total. The Morgan fingerprint density at radius 2 is 2.04 bits per heavy atom. The van der Waals surface area contributed by atoms with Gasteiger partial charge in [0.2, 0.25) is 0 Å². The molecule has 0 bridgehead atoms. The van der Waals surface area contributed by atoms with E-state index in [9.17, 15) is 0 Å². The second-order valence-electron chi connectivity index (χ2n) is 6.65. The van der Waals surface area contributed by atoms with Crippen molar-refractivity contribution in [3.8, 4) is 5.75 Å². The molecule has 0 saturated carbocycles. The summed E-state index contributed by atoms with van der Waals surface area (Å²) in [5.41, 5.74) is 2.07. The minimum atomic E-state index is 0.469. The van der Waals surface area contributed by atoms with Crippen LogP contribution in [0.15, 0.2) is 53.7 Å². The molecule has 1 heterocycles. The van der Waals surface area contributed by atoms with Gasteiger partial charge in [0.05, 0.1) is 5.69 Å². The molecule has 0 radical (unpaired) electrons. The van der Waals surface area contributed by atoms with Gasteiger partial charge in [0.15, 0.2) is 5.96 Å². The molecule has 0 fully saturated rings. The third-order valence-electron chi connectivity index (χ3n) is 3.95. The Labute approximate surface area is 156 Å². The third kappa shape index (κ3) is 7.55. The maximum atomic E-state index is 5.83. The number of nitrogens with one attached hydrogen (secondary N) is 2. The van der Waals surface area contributed by atoms with Crippen LogP contribution in [-0.2, 0) is 13.2 Å². The lowest BCUT2D eigenvalue weighted by molar-refractivity contribution is 0.301. The predicted octanol–water partition coefficient (Wildman–Crippen LogP) is 3.76. The zero-order valence-electron chi connectivity index (χ0n) is 16.0. The summed E-state index contributed by atoms with van der Waals surface area (Å²) in [5, 5.41) is 6.70. The first kappa shape index (κ1) is 19.8. The zero-order chi connectivity index (χ0) is 18.6. The van der Waals surface area contributed by atoms with E-state index >= 15 is 0 Å². The van der Waals surface area contributed by atoms with Gasteiger partial charge in [-0.1, -0.05) is 32.0 Å². The van der Waals surface area contributed by atoms with Crippen LogP contribution in [0.1, 0.15) is 37.9 Å². The molecular weight excluding hydrogens is 324 g/mol. The highest BCUT2D eigenvalue weighted by Gasteiger charge is 2.02. The number of pyridine rings is 1. The van der Waals surface area contributed by atoms with Gasteiger partial charge in [0.1, 0.15) is 12.4 Å². The smallest absolute Gasteiger partial charge is 0.191 e. The Morgan fingerprint density at radius 1 is 1.15 bits per heavy atom. The molecule has 2 aromatic rings. The summed E-state index contributed by atoms with van der Waals surface area (Å²) in [4.78, 5) is 8.54. The molecule has 0 unspecified atom stereocenters. The number of hydrogen-bond acceptors (Lipinski definition) is 3. The fraction of sp³-hybridized carbons (Fsp3) is 0.429. The summed E-state index contributed by atoms with van der Waals surface area (Å²) in [6.07, 6.45) is 4.15. The molecular formula is C21H30N4O. The van der Waals surface area contributed by atoms with E-state index in [1.54, 1.807) is 13.2 Å². The highest BCUT2D eigenvalue weighted by molar-refractivity contribution is 5.79. The van der Waals surface area contributed by atoms with E-state index in [-0.39, 0.29) is 0 Å². The predicted molar refractivity (Wildman–Crippen MR) is 107 cm³/mol. The maximum Gasteiger partial charge on any atom is 0.191 e. The largest absolute Gasteiger partial charge is 0.487 e. The van der Waals surface area contributed by atoms with Gasteiger partial charge in [0, 0.05) is 26.3 Å².